The van der Waals surface area contributed by atoms with Crippen LogP contribution in [0.3, 0.4) is 0 Å². The Morgan fingerprint density at radius 2 is 2.10 bits per heavy atom. The van der Waals surface area contributed by atoms with Gasteiger partial charge in [0.2, 0.25) is 0 Å². The number of benzene rings is 1. The molecule has 1 atom stereocenters. The molecule has 1 heterocycles. The summed E-state index contributed by atoms with van der Waals surface area (Å²) in [5.41, 5.74) is 3.93. The number of aryl methyl sites for hydroxylation is 1. The number of hydrogen-bond acceptors (Lipinski definition) is 3. The van der Waals surface area contributed by atoms with Crippen LogP contribution in [0.5, 0.6) is 5.75 Å². The van der Waals surface area contributed by atoms with Crippen molar-refractivity contribution in [2.75, 3.05) is 7.11 Å². The Hall–Kier alpha value is -1.94. The summed E-state index contributed by atoms with van der Waals surface area (Å²) in [6, 6.07) is 6.69. The summed E-state index contributed by atoms with van der Waals surface area (Å²) in [4.78, 5) is 4.45. The maximum absolute atomic E-state index is 13.2. The number of methoxy groups -OCH3 is 1. The lowest BCUT2D eigenvalue weighted by molar-refractivity contribution is 0.406. The molecule has 2 rings (SSSR count). The van der Waals surface area contributed by atoms with Crippen LogP contribution in [0.1, 0.15) is 35.3 Å². The summed E-state index contributed by atoms with van der Waals surface area (Å²) in [7, 11) is 1.67. The van der Waals surface area contributed by atoms with Gasteiger partial charge in [-0.3, -0.25) is 4.98 Å². The second-order valence-corrected chi connectivity index (χ2v) is 5.20. The molecular formula is C17H21FN2O. The third-order valence-electron chi connectivity index (χ3n) is 3.67. The average molecular weight is 288 g/mol. The molecule has 4 heteroatoms. The van der Waals surface area contributed by atoms with Crippen molar-refractivity contribution < 1.29 is 9.13 Å². The highest BCUT2D eigenvalue weighted by molar-refractivity contribution is 5.41. The van der Waals surface area contributed by atoms with Crippen molar-refractivity contribution in [3.63, 3.8) is 0 Å². The third-order valence-corrected chi connectivity index (χ3v) is 3.67. The van der Waals surface area contributed by atoms with E-state index in [2.05, 4.69) is 10.3 Å². The van der Waals surface area contributed by atoms with E-state index in [1.807, 2.05) is 33.0 Å². The van der Waals surface area contributed by atoms with Crippen molar-refractivity contribution in [2.45, 2.75) is 33.4 Å². The maximum Gasteiger partial charge on any atom is 0.128 e. The number of pyridine rings is 1. The molecule has 1 N–H and O–H groups in total. The Bertz CT molecular complexity index is 628. The Morgan fingerprint density at radius 1 is 1.33 bits per heavy atom. The predicted octanol–water partition coefficient (Wildman–Crippen LogP) is 3.70. The fourth-order valence-corrected chi connectivity index (χ4v) is 2.39. The maximum atomic E-state index is 13.2. The van der Waals surface area contributed by atoms with Gasteiger partial charge in [-0.05, 0) is 38.5 Å². The number of rotatable bonds is 5. The molecule has 1 aromatic carbocycles. The monoisotopic (exact) mass is 288 g/mol. The van der Waals surface area contributed by atoms with Crippen LogP contribution in [0, 0.1) is 19.7 Å². The van der Waals surface area contributed by atoms with E-state index in [1.54, 1.807) is 19.2 Å². The van der Waals surface area contributed by atoms with Crippen molar-refractivity contribution in [2.24, 2.45) is 0 Å². The highest BCUT2D eigenvalue weighted by atomic mass is 19.1. The van der Waals surface area contributed by atoms with Gasteiger partial charge in [-0.15, -0.1) is 0 Å². The predicted molar refractivity (Wildman–Crippen MR) is 81.9 cm³/mol. The standard InChI is InChI=1S/C17H21FN2O/c1-11-9-20-16(12(2)17(11)21-4)10-19-13(3)14-6-5-7-15(18)8-14/h5-9,13,19H,10H2,1-4H3/t13-/m1/s1. The fraction of sp³-hybridized carbons (Fsp3) is 0.353. The van der Waals surface area contributed by atoms with Gasteiger partial charge < -0.3 is 10.1 Å². The molecule has 0 aliphatic rings. The van der Waals surface area contributed by atoms with Crippen LogP contribution in [-0.4, -0.2) is 12.1 Å². The lowest BCUT2D eigenvalue weighted by Crippen LogP contribution is -2.19. The molecule has 0 aliphatic carbocycles. The molecule has 0 saturated heterocycles. The molecule has 2 aromatic rings. The number of aromatic nitrogens is 1. The molecule has 21 heavy (non-hydrogen) atoms. The molecule has 0 spiro atoms. The van der Waals surface area contributed by atoms with E-state index in [0.29, 0.717) is 6.54 Å². The smallest absolute Gasteiger partial charge is 0.128 e. The van der Waals surface area contributed by atoms with Crippen LogP contribution >= 0.6 is 0 Å². The van der Waals surface area contributed by atoms with Crippen molar-refractivity contribution in [3.05, 3.63) is 58.7 Å². The van der Waals surface area contributed by atoms with E-state index in [4.69, 9.17) is 4.74 Å². The van der Waals surface area contributed by atoms with E-state index in [0.717, 1.165) is 28.1 Å². The Labute approximate surface area is 125 Å². The fourth-order valence-electron chi connectivity index (χ4n) is 2.39. The normalized spacial score (nSPS) is 12.2. The largest absolute Gasteiger partial charge is 0.496 e. The van der Waals surface area contributed by atoms with Crippen molar-refractivity contribution in [3.8, 4) is 5.75 Å². The molecule has 0 fully saturated rings. The lowest BCUT2D eigenvalue weighted by Gasteiger charge is -2.16. The van der Waals surface area contributed by atoms with Gasteiger partial charge >= 0.3 is 0 Å². The summed E-state index contributed by atoms with van der Waals surface area (Å²) in [5.74, 6) is 0.660. The minimum Gasteiger partial charge on any atom is -0.496 e. The summed E-state index contributed by atoms with van der Waals surface area (Å²) in [6.45, 7) is 6.60. The van der Waals surface area contributed by atoms with E-state index in [1.165, 1.54) is 6.07 Å². The van der Waals surface area contributed by atoms with Crippen molar-refractivity contribution >= 4 is 0 Å². The summed E-state index contributed by atoms with van der Waals surface area (Å²) < 4.78 is 18.6. The molecule has 0 saturated carbocycles. The molecule has 112 valence electrons. The van der Waals surface area contributed by atoms with Crippen LogP contribution in [0.15, 0.2) is 30.5 Å². The Kier molecular flexibility index (Phi) is 4.91. The number of nitrogens with zero attached hydrogens (tertiary/aromatic N) is 1. The molecule has 0 radical (unpaired) electrons. The van der Waals surface area contributed by atoms with Gasteiger partial charge in [0.15, 0.2) is 0 Å². The molecule has 3 nitrogen and oxygen atoms in total. The van der Waals surface area contributed by atoms with E-state index in [9.17, 15) is 4.39 Å². The average Bonchev–Trinajstić information content (AvgIpc) is 2.46. The molecule has 0 amide bonds. The van der Waals surface area contributed by atoms with Gasteiger partial charge in [-0.1, -0.05) is 12.1 Å². The number of halogens is 1. The summed E-state index contributed by atoms with van der Waals surface area (Å²) in [5, 5.41) is 3.37. The third kappa shape index (κ3) is 3.58. The van der Waals surface area contributed by atoms with E-state index >= 15 is 0 Å². The van der Waals surface area contributed by atoms with Crippen LogP contribution in [0.25, 0.3) is 0 Å². The molecule has 0 bridgehead atoms. The van der Waals surface area contributed by atoms with Gasteiger partial charge in [0.25, 0.3) is 0 Å². The quantitative estimate of drug-likeness (QED) is 0.911. The minimum atomic E-state index is -0.215. The second-order valence-electron chi connectivity index (χ2n) is 5.20. The molecule has 0 unspecified atom stereocenters. The van der Waals surface area contributed by atoms with Crippen LogP contribution in [0.2, 0.25) is 0 Å². The molecule has 1 aromatic heterocycles. The van der Waals surface area contributed by atoms with E-state index < -0.39 is 0 Å². The topological polar surface area (TPSA) is 34.1 Å². The Morgan fingerprint density at radius 3 is 2.76 bits per heavy atom. The SMILES string of the molecule is COc1c(C)cnc(CN[C@H](C)c2cccc(F)c2)c1C. The highest BCUT2D eigenvalue weighted by Gasteiger charge is 2.11. The first kappa shape index (κ1) is 15.4. The van der Waals surface area contributed by atoms with Gasteiger partial charge in [-0.25, -0.2) is 4.39 Å². The second kappa shape index (κ2) is 6.68. The molecular weight excluding hydrogens is 267 g/mol. The zero-order valence-corrected chi connectivity index (χ0v) is 12.9. The molecule has 0 aliphatic heterocycles. The van der Waals surface area contributed by atoms with Gasteiger partial charge in [0.1, 0.15) is 11.6 Å². The first-order valence-corrected chi connectivity index (χ1v) is 7.01. The van der Waals surface area contributed by atoms with Gasteiger partial charge in [-0.2, -0.15) is 0 Å². The minimum absolute atomic E-state index is 0.0502. The van der Waals surface area contributed by atoms with E-state index in [-0.39, 0.29) is 11.9 Å². The number of nitrogens with one attached hydrogen (secondary N) is 1. The summed E-state index contributed by atoms with van der Waals surface area (Å²) >= 11 is 0. The van der Waals surface area contributed by atoms with Crippen LogP contribution < -0.4 is 10.1 Å². The van der Waals surface area contributed by atoms with Crippen LogP contribution in [0.4, 0.5) is 4.39 Å². The van der Waals surface area contributed by atoms with Crippen LogP contribution in [-0.2, 0) is 6.54 Å². The zero-order valence-electron chi connectivity index (χ0n) is 12.9. The number of hydrogen-bond donors (Lipinski definition) is 1. The first-order chi connectivity index (χ1) is 10.0. The lowest BCUT2D eigenvalue weighted by atomic mass is 10.1. The highest BCUT2D eigenvalue weighted by Crippen LogP contribution is 2.24. The Balaban J connectivity index is 2.10. The van der Waals surface area contributed by atoms with Crippen molar-refractivity contribution in [1.29, 1.82) is 0 Å². The van der Waals surface area contributed by atoms with Gasteiger partial charge in [0, 0.05) is 29.9 Å². The number of ether oxygens (including phenoxy) is 1. The van der Waals surface area contributed by atoms with Gasteiger partial charge in [0.05, 0.1) is 12.8 Å². The summed E-state index contributed by atoms with van der Waals surface area (Å²) in [6.07, 6.45) is 1.82. The van der Waals surface area contributed by atoms with Crippen molar-refractivity contribution in [1.82, 2.24) is 10.3 Å². The zero-order chi connectivity index (χ0) is 15.4. The first-order valence-electron chi connectivity index (χ1n) is 7.01.